The van der Waals surface area contributed by atoms with E-state index < -0.39 is 0 Å². The summed E-state index contributed by atoms with van der Waals surface area (Å²) in [6, 6.07) is 0. The summed E-state index contributed by atoms with van der Waals surface area (Å²) < 4.78 is 2.15. The molecule has 0 aliphatic heterocycles. The summed E-state index contributed by atoms with van der Waals surface area (Å²) in [4.78, 5) is 4.12. The SMILES string of the molecule is C#CCCCCNCc1cncn1CC. The van der Waals surface area contributed by atoms with Gasteiger partial charge in [0.2, 0.25) is 0 Å². The average molecular weight is 205 g/mol. The van der Waals surface area contributed by atoms with Crippen molar-refractivity contribution >= 4 is 0 Å². The molecule has 1 N–H and O–H groups in total. The molecule has 1 aromatic rings. The third-order valence-electron chi connectivity index (χ3n) is 2.37. The predicted molar refractivity (Wildman–Crippen MR) is 62.3 cm³/mol. The van der Waals surface area contributed by atoms with E-state index in [0.717, 1.165) is 38.9 Å². The number of rotatable bonds is 7. The van der Waals surface area contributed by atoms with Crippen molar-refractivity contribution in [3.8, 4) is 12.3 Å². The van der Waals surface area contributed by atoms with Crippen LogP contribution >= 0.6 is 0 Å². The minimum atomic E-state index is 0.884. The van der Waals surface area contributed by atoms with E-state index in [1.807, 2.05) is 12.5 Å². The lowest BCUT2D eigenvalue weighted by Crippen LogP contribution is -2.17. The van der Waals surface area contributed by atoms with Crippen LogP contribution in [0.25, 0.3) is 0 Å². The Morgan fingerprint density at radius 2 is 2.40 bits per heavy atom. The first-order valence-electron chi connectivity index (χ1n) is 5.51. The molecule has 3 heteroatoms. The predicted octanol–water partition coefficient (Wildman–Crippen LogP) is 1.80. The second-order valence-corrected chi connectivity index (χ2v) is 3.51. The van der Waals surface area contributed by atoms with Crippen molar-refractivity contribution in [3.63, 3.8) is 0 Å². The van der Waals surface area contributed by atoms with Gasteiger partial charge in [-0.15, -0.1) is 12.3 Å². The van der Waals surface area contributed by atoms with E-state index in [1.165, 1.54) is 5.69 Å². The molecule has 3 nitrogen and oxygen atoms in total. The highest BCUT2D eigenvalue weighted by Gasteiger charge is 1.98. The Morgan fingerprint density at radius 1 is 1.53 bits per heavy atom. The zero-order valence-electron chi connectivity index (χ0n) is 9.37. The normalized spacial score (nSPS) is 10.1. The third-order valence-corrected chi connectivity index (χ3v) is 2.37. The van der Waals surface area contributed by atoms with Gasteiger partial charge in [-0.05, 0) is 26.3 Å². The minimum Gasteiger partial charge on any atom is -0.334 e. The lowest BCUT2D eigenvalue weighted by Gasteiger charge is -2.06. The van der Waals surface area contributed by atoms with Gasteiger partial charge in [0.15, 0.2) is 0 Å². The van der Waals surface area contributed by atoms with E-state index in [2.05, 4.69) is 27.7 Å². The lowest BCUT2D eigenvalue weighted by molar-refractivity contribution is 0.598. The zero-order chi connectivity index (χ0) is 10.9. The molecule has 0 aliphatic carbocycles. The molecular weight excluding hydrogens is 186 g/mol. The van der Waals surface area contributed by atoms with Crippen LogP contribution in [0.5, 0.6) is 0 Å². The number of hydrogen-bond donors (Lipinski definition) is 1. The monoisotopic (exact) mass is 205 g/mol. The first kappa shape index (κ1) is 11.8. The van der Waals surface area contributed by atoms with E-state index in [-0.39, 0.29) is 0 Å². The fourth-order valence-electron chi connectivity index (χ4n) is 1.47. The van der Waals surface area contributed by atoms with E-state index in [0.29, 0.717) is 0 Å². The second-order valence-electron chi connectivity index (χ2n) is 3.51. The van der Waals surface area contributed by atoms with Gasteiger partial charge in [0, 0.05) is 25.7 Å². The first-order valence-corrected chi connectivity index (χ1v) is 5.51. The number of hydrogen-bond acceptors (Lipinski definition) is 2. The van der Waals surface area contributed by atoms with Gasteiger partial charge >= 0.3 is 0 Å². The van der Waals surface area contributed by atoms with Crippen LogP contribution in [0.1, 0.15) is 31.9 Å². The molecule has 0 saturated carbocycles. The highest BCUT2D eigenvalue weighted by Crippen LogP contribution is 1.98. The third kappa shape index (κ3) is 4.18. The highest BCUT2D eigenvalue weighted by atomic mass is 15.1. The molecule has 1 aromatic heterocycles. The summed E-state index contributed by atoms with van der Waals surface area (Å²) in [6.07, 6.45) is 12.1. The maximum atomic E-state index is 5.18. The Morgan fingerprint density at radius 3 is 3.13 bits per heavy atom. The highest BCUT2D eigenvalue weighted by molar-refractivity contribution is 4.97. The molecule has 0 amide bonds. The molecule has 0 radical (unpaired) electrons. The Kier molecular flexibility index (Phi) is 5.57. The Labute approximate surface area is 91.9 Å². The molecule has 0 unspecified atom stereocenters. The summed E-state index contributed by atoms with van der Waals surface area (Å²) in [7, 11) is 0. The number of nitrogens with zero attached hydrogens (tertiary/aromatic N) is 2. The van der Waals surface area contributed by atoms with E-state index in [1.54, 1.807) is 0 Å². The Hall–Kier alpha value is -1.27. The van der Waals surface area contributed by atoms with Crippen LogP contribution in [0.4, 0.5) is 0 Å². The molecule has 1 heterocycles. The van der Waals surface area contributed by atoms with Gasteiger partial charge in [0.25, 0.3) is 0 Å². The fraction of sp³-hybridized carbons (Fsp3) is 0.583. The Bertz CT molecular complexity index is 309. The number of imidazole rings is 1. The van der Waals surface area contributed by atoms with Crippen LogP contribution in [-0.4, -0.2) is 16.1 Å². The number of aromatic nitrogens is 2. The van der Waals surface area contributed by atoms with Gasteiger partial charge < -0.3 is 9.88 Å². The smallest absolute Gasteiger partial charge is 0.0948 e. The number of unbranched alkanes of at least 4 members (excludes halogenated alkanes) is 2. The first-order chi connectivity index (χ1) is 7.38. The van der Waals surface area contributed by atoms with Crippen LogP contribution in [0.3, 0.4) is 0 Å². The topological polar surface area (TPSA) is 29.9 Å². The average Bonchev–Trinajstić information content (AvgIpc) is 2.70. The molecule has 1 rings (SSSR count). The summed E-state index contributed by atoms with van der Waals surface area (Å²) in [5.74, 6) is 2.65. The van der Waals surface area contributed by atoms with E-state index >= 15 is 0 Å². The summed E-state index contributed by atoms with van der Waals surface area (Å²) in [5, 5.41) is 3.39. The molecule has 0 bridgehead atoms. The van der Waals surface area contributed by atoms with Crippen molar-refractivity contribution in [3.05, 3.63) is 18.2 Å². The Balaban J connectivity index is 2.12. The quantitative estimate of drug-likeness (QED) is 0.543. The molecule has 0 aromatic carbocycles. The van der Waals surface area contributed by atoms with Crippen LogP contribution < -0.4 is 5.32 Å². The molecule has 0 fully saturated rings. The fourth-order valence-corrected chi connectivity index (χ4v) is 1.47. The molecular formula is C12H19N3. The molecule has 0 aliphatic rings. The summed E-state index contributed by atoms with van der Waals surface area (Å²) in [5.41, 5.74) is 1.24. The number of terminal acetylenes is 1. The van der Waals surface area contributed by atoms with Crippen molar-refractivity contribution in [1.29, 1.82) is 0 Å². The second kappa shape index (κ2) is 7.08. The maximum Gasteiger partial charge on any atom is 0.0948 e. The van der Waals surface area contributed by atoms with Crippen molar-refractivity contribution in [2.24, 2.45) is 0 Å². The van der Waals surface area contributed by atoms with Gasteiger partial charge in [-0.2, -0.15) is 0 Å². The zero-order valence-corrected chi connectivity index (χ0v) is 9.37. The molecule has 15 heavy (non-hydrogen) atoms. The van der Waals surface area contributed by atoms with Gasteiger partial charge in [0.05, 0.1) is 12.0 Å². The largest absolute Gasteiger partial charge is 0.334 e. The van der Waals surface area contributed by atoms with Crippen LogP contribution in [-0.2, 0) is 13.1 Å². The minimum absolute atomic E-state index is 0.884. The summed E-state index contributed by atoms with van der Waals surface area (Å²) in [6.45, 7) is 5.02. The van der Waals surface area contributed by atoms with Crippen molar-refractivity contribution in [1.82, 2.24) is 14.9 Å². The summed E-state index contributed by atoms with van der Waals surface area (Å²) >= 11 is 0. The van der Waals surface area contributed by atoms with Crippen LogP contribution in [0, 0.1) is 12.3 Å². The maximum absolute atomic E-state index is 5.18. The molecule has 0 saturated heterocycles. The number of nitrogens with one attached hydrogen (secondary N) is 1. The van der Waals surface area contributed by atoms with Crippen molar-refractivity contribution in [2.45, 2.75) is 39.3 Å². The van der Waals surface area contributed by atoms with Crippen molar-refractivity contribution < 1.29 is 0 Å². The molecule has 0 atom stereocenters. The van der Waals surface area contributed by atoms with Gasteiger partial charge in [-0.1, -0.05) is 0 Å². The van der Waals surface area contributed by atoms with Crippen LogP contribution in [0.15, 0.2) is 12.5 Å². The lowest BCUT2D eigenvalue weighted by atomic mass is 10.2. The molecule has 0 spiro atoms. The number of aryl methyl sites for hydroxylation is 1. The molecule has 82 valence electrons. The van der Waals surface area contributed by atoms with Gasteiger partial charge in [-0.3, -0.25) is 0 Å². The van der Waals surface area contributed by atoms with Gasteiger partial charge in [0.1, 0.15) is 0 Å². The van der Waals surface area contributed by atoms with Gasteiger partial charge in [-0.25, -0.2) is 4.98 Å². The standard InChI is InChI=1S/C12H19N3/c1-3-5-6-7-8-13-9-12-10-14-11-15(12)4-2/h1,10-11,13H,4-9H2,2H3. The van der Waals surface area contributed by atoms with E-state index in [9.17, 15) is 0 Å². The van der Waals surface area contributed by atoms with Crippen LogP contribution in [0.2, 0.25) is 0 Å². The van der Waals surface area contributed by atoms with Crippen molar-refractivity contribution in [2.75, 3.05) is 6.54 Å². The van der Waals surface area contributed by atoms with E-state index in [4.69, 9.17) is 6.42 Å².